The van der Waals surface area contributed by atoms with Crippen LogP contribution in [0.5, 0.6) is 0 Å². The van der Waals surface area contributed by atoms with E-state index in [2.05, 4.69) is 4.99 Å². The number of nitro groups is 1. The maximum absolute atomic E-state index is 11.0. The maximum atomic E-state index is 11.0. The van der Waals surface area contributed by atoms with Crippen molar-refractivity contribution in [1.29, 1.82) is 0 Å². The molecule has 0 aliphatic rings. The van der Waals surface area contributed by atoms with Crippen LogP contribution in [0.3, 0.4) is 0 Å². The lowest BCUT2D eigenvalue weighted by molar-refractivity contribution is -0.611. The van der Waals surface area contributed by atoms with Crippen LogP contribution in [0.1, 0.15) is 11.1 Å². The molecule has 0 aliphatic carbocycles. The summed E-state index contributed by atoms with van der Waals surface area (Å²) >= 11 is 0. The minimum absolute atomic E-state index is 0.00753. The molecule has 2 aromatic rings. The maximum Gasteiger partial charge on any atom is 0.339 e. The molecule has 0 saturated carbocycles. The molecule has 0 spiro atoms. The van der Waals surface area contributed by atoms with E-state index in [4.69, 9.17) is 0 Å². The Morgan fingerprint density at radius 2 is 1.64 bits per heavy atom. The van der Waals surface area contributed by atoms with Gasteiger partial charge in [-0.3, -0.25) is 15.1 Å². The third-order valence-electron chi connectivity index (χ3n) is 3.04. The largest absolute Gasteiger partial charge is 0.339 e. The zero-order chi connectivity index (χ0) is 15.6. The molecule has 0 aliphatic heterocycles. The highest BCUT2D eigenvalue weighted by molar-refractivity contribution is 5.74. The third-order valence-corrected chi connectivity index (χ3v) is 3.04. The topological polar surface area (TPSA) is 72.1 Å². The van der Waals surface area contributed by atoms with Gasteiger partial charge < -0.3 is 5.32 Å². The van der Waals surface area contributed by atoms with E-state index in [1.54, 1.807) is 5.32 Å². The molecule has 0 radical (unpaired) electrons. The van der Waals surface area contributed by atoms with Gasteiger partial charge in [-0.15, -0.1) is 0 Å². The molecule has 112 valence electrons. The molecule has 0 bridgehead atoms. The van der Waals surface area contributed by atoms with Crippen molar-refractivity contribution >= 4 is 6.21 Å². The fourth-order valence-corrected chi connectivity index (χ4v) is 1.91. The molecule has 0 atom stereocenters. The Balaban J connectivity index is 1.91. The van der Waals surface area contributed by atoms with Gasteiger partial charge in [0.25, 0.3) is 0 Å². The van der Waals surface area contributed by atoms with E-state index < -0.39 is 4.92 Å². The van der Waals surface area contributed by atoms with Gasteiger partial charge in [-0.05, 0) is 5.56 Å². The van der Waals surface area contributed by atoms with Gasteiger partial charge >= 0.3 is 5.70 Å². The average Bonchev–Trinajstić information content (AvgIpc) is 2.55. The molecule has 5 nitrogen and oxygen atoms in total. The number of allylic oxidation sites excluding steroid dienone is 1. The van der Waals surface area contributed by atoms with Crippen LogP contribution in [0.4, 0.5) is 0 Å². The van der Waals surface area contributed by atoms with Crippen molar-refractivity contribution < 1.29 is 10.2 Å². The number of rotatable bonds is 7. The number of benzene rings is 2. The molecule has 0 saturated heterocycles. The Bertz CT molecular complexity index is 652. The van der Waals surface area contributed by atoms with Crippen LogP contribution in [0.15, 0.2) is 77.6 Å². The first kappa shape index (κ1) is 15.6. The number of hydrogen-bond donors (Lipinski definition) is 1. The Morgan fingerprint density at radius 1 is 1.05 bits per heavy atom. The first-order valence-corrected chi connectivity index (χ1v) is 7.01. The number of nitrogens with two attached hydrogens (primary N) is 1. The molecule has 0 unspecified atom stereocenters. The van der Waals surface area contributed by atoms with Crippen molar-refractivity contribution in [3.8, 4) is 0 Å². The van der Waals surface area contributed by atoms with Gasteiger partial charge in [-0.1, -0.05) is 60.7 Å². The van der Waals surface area contributed by atoms with E-state index in [9.17, 15) is 10.1 Å². The lowest BCUT2D eigenvalue weighted by atomic mass is 10.2. The first-order valence-electron chi connectivity index (χ1n) is 7.01. The second-order valence-corrected chi connectivity index (χ2v) is 4.73. The zero-order valence-corrected chi connectivity index (χ0v) is 12.1. The standard InChI is InChI=1S/C17H17N3O2/c21-20(22)17(13-18-11-15-7-3-1-4-8-15)14-19-12-16-9-5-2-6-10-16/h1-10,13-14,18H,11-12H2/p+1/b17-13+,19-14?. The Morgan fingerprint density at radius 3 is 2.23 bits per heavy atom. The SMILES string of the molecule is O=[N+]([O-])/C(C=NCc1ccccc1)=C/[NH2+]Cc1ccccc1. The molecule has 2 N–H and O–H groups in total. The fraction of sp³-hybridized carbons (Fsp3) is 0.118. The van der Waals surface area contributed by atoms with Crippen LogP contribution >= 0.6 is 0 Å². The lowest BCUT2D eigenvalue weighted by Gasteiger charge is -1.96. The third kappa shape index (κ3) is 5.30. The monoisotopic (exact) mass is 296 g/mol. The van der Waals surface area contributed by atoms with E-state index in [0.29, 0.717) is 13.1 Å². The zero-order valence-electron chi connectivity index (χ0n) is 12.1. The molecule has 0 heterocycles. The summed E-state index contributed by atoms with van der Waals surface area (Å²) in [6.45, 7) is 1.09. The van der Waals surface area contributed by atoms with Crippen molar-refractivity contribution in [2.75, 3.05) is 0 Å². The van der Waals surface area contributed by atoms with Crippen molar-refractivity contribution in [1.82, 2.24) is 0 Å². The number of quaternary nitrogens is 1. The summed E-state index contributed by atoms with van der Waals surface area (Å²) in [7, 11) is 0. The van der Waals surface area contributed by atoms with Gasteiger partial charge in [-0.25, -0.2) is 0 Å². The summed E-state index contributed by atoms with van der Waals surface area (Å²) in [5, 5.41) is 12.8. The van der Waals surface area contributed by atoms with Crippen molar-refractivity contribution in [2.24, 2.45) is 4.99 Å². The van der Waals surface area contributed by atoms with Crippen LogP contribution in [-0.2, 0) is 13.1 Å². The van der Waals surface area contributed by atoms with Crippen molar-refractivity contribution in [3.63, 3.8) is 0 Å². The van der Waals surface area contributed by atoms with Crippen molar-refractivity contribution in [3.05, 3.63) is 93.8 Å². The lowest BCUT2D eigenvalue weighted by Crippen LogP contribution is -2.76. The first-order chi connectivity index (χ1) is 10.8. The summed E-state index contributed by atoms with van der Waals surface area (Å²) in [6.07, 6.45) is 2.82. The normalized spacial score (nSPS) is 11.7. The number of nitrogens with zero attached hydrogens (tertiary/aromatic N) is 2. The highest BCUT2D eigenvalue weighted by Crippen LogP contribution is 2.00. The second-order valence-electron chi connectivity index (χ2n) is 4.73. The van der Waals surface area contributed by atoms with Gasteiger partial charge in [0.2, 0.25) is 0 Å². The number of hydrogen-bond acceptors (Lipinski definition) is 3. The van der Waals surface area contributed by atoms with E-state index >= 15 is 0 Å². The molecule has 0 fully saturated rings. The Kier molecular flexibility index (Phi) is 6.02. The molecule has 0 aromatic heterocycles. The van der Waals surface area contributed by atoms with Gasteiger partial charge in [-0.2, -0.15) is 0 Å². The van der Waals surface area contributed by atoms with Gasteiger partial charge in [0.05, 0.1) is 11.5 Å². The Labute approximate surface area is 129 Å². The predicted molar refractivity (Wildman–Crippen MR) is 85.8 cm³/mol. The highest BCUT2D eigenvalue weighted by atomic mass is 16.6. The molecular weight excluding hydrogens is 278 g/mol. The second kappa shape index (κ2) is 8.49. The van der Waals surface area contributed by atoms with Crippen LogP contribution in [0.25, 0.3) is 0 Å². The average molecular weight is 296 g/mol. The highest BCUT2D eigenvalue weighted by Gasteiger charge is 2.08. The van der Waals surface area contributed by atoms with E-state index in [0.717, 1.165) is 11.1 Å². The fourth-order valence-electron chi connectivity index (χ4n) is 1.91. The van der Waals surface area contributed by atoms with Crippen LogP contribution < -0.4 is 5.32 Å². The van der Waals surface area contributed by atoms with Gasteiger partial charge in [0.15, 0.2) is 6.20 Å². The minimum atomic E-state index is -0.421. The summed E-state index contributed by atoms with van der Waals surface area (Å²) in [5.41, 5.74) is 2.13. The molecular formula is C17H18N3O2+. The van der Waals surface area contributed by atoms with Gasteiger partial charge in [0, 0.05) is 5.56 Å². The van der Waals surface area contributed by atoms with Gasteiger partial charge in [0.1, 0.15) is 12.8 Å². The van der Waals surface area contributed by atoms with Crippen LogP contribution in [-0.4, -0.2) is 11.1 Å². The molecule has 2 rings (SSSR count). The molecule has 2 aromatic carbocycles. The predicted octanol–water partition coefficient (Wildman–Crippen LogP) is 2.14. The minimum Gasteiger partial charge on any atom is -0.310 e. The number of aliphatic imine (C=N–C) groups is 1. The Hall–Kier alpha value is -2.79. The van der Waals surface area contributed by atoms with Crippen LogP contribution in [0.2, 0.25) is 0 Å². The molecule has 5 heteroatoms. The smallest absolute Gasteiger partial charge is 0.310 e. The van der Waals surface area contributed by atoms with E-state index in [1.807, 2.05) is 60.7 Å². The van der Waals surface area contributed by atoms with E-state index in [1.165, 1.54) is 12.4 Å². The summed E-state index contributed by atoms with van der Waals surface area (Å²) < 4.78 is 0. The summed E-state index contributed by atoms with van der Waals surface area (Å²) in [4.78, 5) is 14.7. The van der Waals surface area contributed by atoms with E-state index in [-0.39, 0.29) is 5.70 Å². The summed E-state index contributed by atoms with van der Waals surface area (Å²) in [6, 6.07) is 19.4. The summed E-state index contributed by atoms with van der Waals surface area (Å²) in [5.74, 6) is 0. The quantitative estimate of drug-likeness (QED) is 0.483. The van der Waals surface area contributed by atoms with Crippen LogP contribution in [0, 0.1) is 10.1 Å². The molecule has 22 heavy (non-hydrogen) atoms. The van der Waals surface area contributed by atoms with Crippen molar-refractivity contribution in [2.45, 2.75) is 13.1 Å². The molecule has 0 amide bonds.